The van der Waals surface area contributed by atoms with Gasteiger partial charge in [0.2, 0.25) is 17.7 Å². The molecule has 0 spiro atoms. The molecule has 0 unspecified atom stereocenters. The minimum Gasteiger partial charge on any atom is -0.384 e. The second-order valence-corrected chi connectivity index (χ2v) is 7.61. The molecule has 1 aliphatic rings. The monoisotopic (exact) mass is 391 g/mol. The summed E-state index contributed by atoms with van der Waals surface area (Å²) in [4.78, 5) is 26.5. The Balaban J connectivity index is 1.74. The molecule has 2 amide bonds. The highest BCUT2D eigenvalue weighted by atomic mass is 35.5. The highest BCUT2D eigenvalue weighted by Gasteiger charge is 2.37. The zero-order chi connectivity index (χ0) is 19.6. The summed E-state index contributed by atoms with van der Waals surface area (Å²) in [6, 6.07) is 7.91. The van der Waals surface area contributed by atoms with Crippen molar-refractivity contribution < 1.29 is 18.8 Å². The van der Waals surface area contributed by atoms with Gasteiger partial charge in [-0.3, -0.25) is 19.8 Å². The Morgan fingerprint density at radius 2 is 2.11 bits per heavy atom. The van der Waals surface area contributed by atoms with Gasteiger partial charge in [-0.15, -0.1) is 0 Å². The second kappa shape index (κ2) is 7.70. The van der Waals surface area contributed by atoms with Crippen molar-refractivity contribution in [3.63, 3.8) is 0 Å². The summed E-state index contributed by atoms with van der Waals surface area (Å²) in [5, 5.41) is 7.31. The van der Waals surface area contributed by atoms with Crippen LogP contribution in [0.4, 0.5) is 11.6 Å². The van der Waals surface area contributed by atoms with E-state index in [1.54, 1.807) is 37.4 Å². The number of rotatable bonds is 6. The van der Waals surface area contributed by atoms with Gasteiger partial charge in [-0.25, -0.2) is 0 Å². The Labute approximate surface area is 162 Å². The minimum absolute atomic E-state index is 0.100. The van der Waals surface area contributed by atoms with Crippen molar-refractivity contribution in [2.24, 2.45) is 0 Å². The average Bonchev–Trinajstić information content (AvgIpc) is 3.23. The Morgan fingerprint density at radius 1 is 1.41 bits per heavy atom. The first-order chi connectivity index (χ1) is 12.8. The van der Waals surface area contributed by atoms with Crippen molar-refractivity contribution in [2.75, 3.05) is 23.9 Å². The number of aromatic nitrogens is 1. The van der Waals surface area contributed by atoms with Gasteiger partial charge < -0.3 is 9.26 Å². The van der Waals surface area contributed by atoms with Crippen molar-refractivity contribution in [3.05, 3.63) is 41.0 Å². The third-order valence-corrected chi connectivity index (χ3v) is 4.83. The van der Waals surface area contributed by atoms with Crippen molar-refractivity contribution in [1.29, 1.82) is 0 Å². The van der Waals surface area contributed by atoms with Crippen LogP contribution >= 0.6 is 11.6 Å². The highest BCUT2D eigenvalue weighted by Crippen LogP contribution is 2.29. The molecule has 1 fully saturated rings. The van der Waals surface area contributed by atoms with Crippen molar-refractivity contribution in [3.8, 4) is 0 Å². The molecule has 0 saturated carbocycles. The molecule has 27 heavy (non-hydrogen) atoms. The van der Waals surface area contributed by atoms with Crippen LogP contribution in [0.2, 0.25) is 5.02 Å². The summed E-state index contributed by atoms with van der Waals surface area (Å²) in [6.45, 7) is 4.41. The van der Waals surface area contributed by atoms with Gasteiger partial charge in [-0.1, -0.05) is 30.6 Å². The number of carbonyl (C=O) groups excluding carboxylic acids is 2. The molecule has 1 N–H and O–H groups in total. The predicted octanol–water partition coefficient (Wildman–Crippen LogP) is 3.39. The first-order valence-corrected chi connectivity index (χ1v) is 9.04. The number of benzene rings is 1. The van der Waals surface area contributed by atoms with E-state index in [-0.39, 0.29) is 23.1 Å². The van der Waals surface area contributed by atoms with Gasteiger partial charge in [0.05, 0.1) is 12.3 Å². The summed E-state index contributed by atoms with van der Waals surface area (Å²) in [6.07, 6.45) is 0.743. The van der Waals surface area contributed by atoms with Gasteiger partial charge in [0.25, 0.3) is 0 Å². The van der Waals surface area contributed by atoms with Gasteiger partial charge >= 0.3 is 0 Å². The number of methoxy groups -OCH3 is 1. The Morgan fingerprint density at radius 3 is 2.78 bits per heavy atom. The molecule has 1 atom stereocenters. The molecule has 1 saturated heterocycles. The molecule has 8 heteroatoms. The molecule has 0 radical (unpaired) electrons. The van der Waals surface area contributed by atoms with Crippen molar-refractivity contribution in [1.82, 2.24) is 5.16 Å². The predicted molar refractivity (Wildman–Crippen MR) is 102 cm³/mol. The zero-order valence-electron chi connectivity index (χ0n) is 15.5. The second-order valence-electron chi connectivity index (χ2n) is 7.18. The normalized spacial score (nSPS) is 17.4. The van der Waals surface area contributed by atoms with E-state index in [1.807, 2.05) is 13.8 Å². The number of hydrogen-bond acceptors (Lipinski definition) is 5. The fourth-order valence-electron chi connectivity index (χ4n) is 3.15. The van der Waals surface area contributed by atoms with Crippen LogP contribution in [-0.4, -0.2) is 36.7 Å². The largest absolute Gasteiger partial charge is 0.384 e. The van der Waals surface area contributed by atoms with Crippen molar-refractivity contribution in [2.45, 2.75) is 38.1 Å². The fraction of sp³-hybridized carbons (Fsp3) is 0.421. The number of hydrogen-bond donors (Lipinski definition) is 1. The molecule has 7 nitrogen and oxygen atoms in total. The number of halogens is 1. The van der Waals surface area contributed by atoms with Gasteiger partial charge in [-0.05, 0) is 30.7 Å². The number of ether oxygens (including phenoxy) is 1. The standard InChI is InChI=1S/C19H22ClN3O4/c1-19(2,11-26-3)15-10-16(27-22-15)21-18(25)14-8-9-17(24)23(14)13-6-4-12(20)5-7-13/h4-7,10,14H,8-9,11H2,1-3H3,(H,21,25)/t14-/m0/s1. The van der Waals surface area contributed by atoms with E-state index in [9.17, 15) is 9.59 Å². The van der Waals surface area contributed by atoms with E-state index in [4.69, 9.17) is 20.9 Å². The molecule has 1 aliphatic heterocycles. The Hall–Kier alpha value is -2.38. The molecule has 2 heterocycles. The van der Waals surface area contributed by atoms with Gasteiger partial charge in [0.15, 0.2) is 0 Å². The fourth-order valence-corrected chi connectivity index (χ4v) is 3.28. The maximum Gasteiger partial charge on any atom is 0.249 e. The quantitative estimate of drug-likeness (QED) is 0.815. The maximum absolute atomic E-state index is 12.8. The van der Waals surface area contributed by atoms with E-state index < -0.39 is 6.04 Å². The van der Waals surface area contributed by atoms with Crippen LogP contribution in [0.15, 0.2) is 34.9 Å². The number of nitrogens with one attached hydrogen (secondary N) is 1. The van der Waals surface area contributed by atoms with Crippen molar-refractivity contribution >= 4 is 35.0 Å². The molecule has 2 aromatic rings. The van der Waals surface area contributed by atoms with Crippen LogP contribution in [-0.2, 0) is 19.7 Å². The summed E-state index contributed by atoms with van der Waals surface area (Å²) in [5.74, 6) is -0.172. The lowest BCUT2D eigenvalue weighted by Crippen LogP contribution is -2.41. The molecule has 0 aliphatic carbocycles. The number of nitrogens with zero attached hydrogens (tertiary/aromatic N) is 2. The van der Waals surface area contributed by atoms with Gasteiger partial charge in [-0.2, -0.15) is 0 Å². The zero-order valence-corrected chi connectivity index (χ0v) is 16.2. The van der Waals surface area contributed by atoms with Crippen LogP contribution < -0.4 is 10.2 Å². The first kappa shape index (κ1) is 19.4. The molecule has 1 aromatic carbocycles. The van der Waals surface area contributed by atoms with Gasteiger partial charge in [0.1, 0.15) is 6.04 Å². The van der Waals surface area contributed by atoms with E-state index in [1.165, 1.54) is 4.90 Å². The molecular weight excluding hydrogens is 370 g/mol. The highest BCUT2D eigenvalue weighted by molar-refractivity contribution is 6.30. The average molecular weight is 392 g/mol. The lowest BCUT2D eigenvalue weighted by atomic mass is 9.90. The van der Waals surface area contributed by atoms with E-state index >= 15 is 0 Å². The Kier molecular flexibility index (Phi) is 5.53. The molecule has 0 bridgehead atoms. The maximum atomic E-state index is 12.8. The lowest BCUT2D eigenvalue weighted by molar-refractivity contribution is -0.120. The molecule has 1 aromatic heterocycles. The lowest BCUT2D eigenvalue weighted by Gasteiger charge is -2.23. The molecular formula is C19H22ClN3O4. The molecule has 3 rings (SSSR count). The summed E-state index contributed by atoms with van der Waals surface area (Å²) < 4.78 is 10.4. The molecule has 144 valence electrons. The SMILES string of the molecule is COCC(C)(C)c1cc(NC(=O)[C@@H]2CCC(=O)N2c2ccc(Cl)cc2)on1. The van der Waals surface area contributed by atoms with E-state index in [0.717, 1.165) is 0 Å². The topological polar surface area (TPSA) is 84.7 Å². The van der Waals surface area contributed by atoms with E-state index in [0.29, 0.717) is 35.9 Å². The third-order valence-electron chi connectivity index (χ3n) is 4.57. The number of amides is 2. The van der Waals surface area contributed by atoms with E-state index in [2.05, 4.69) is 10.5 Å². The Bertz CT molecular complexity index is 832. The number of anilines is 2. The van der Waals surface area contributed by atoms with Crippen LogP contribution in [0.5, 0.6) is 0 Å². The third kappa shape index (κ3) is 4.14. The smallest absolute Gasteiger partial charge is 0.249 e. The summed E-state index contributed by atoms with van der Waals surface area (Å²) in [5.41, 5.74) is 0.970. The van der Waals surface area contributed by atoms with Crippen LogP contribution in [0.3, 0.4) is 0 Å². The van der Waals surface area contributed by atoms with Crippen LogP contribution in [0, 0.1) is 0 Å². The summed E-state index contributed by atoms with van der Waals surface area (Å²) in [7, 11) is 1.62. The first-order valence-electron chi connectivity index (χ1n) is 8.66. The van der Waals surface area contributed by atoms with Crippen LogP contribution in [0.1, 0.15) is 32.4 Å². The van der Waals surface area contributed by atoms with Crippen LogP contribution in [0.25, 0.3) is 0 Å². The van der Waals surface area contributed by atoms with Gasteiger partial charge in [0, 0.05) is 35.7 Å². The number of carbonyl (C=O) groups is 2. The summed E-state index contributed by atoms with van der Waals surface area (Å²) >= 11 is 5.91. The minimum atomic E-state index is -0.612.